The van der Waals surface area contributed by atoms with Crippen molar-refractivity contribution >= 4 is 0 Å². The lowest BCUT2D eigenvalue weighted by Gasteiger charge is -2.09. The Bertz CT molecular complexity index is 534. The summed E-state index contributed by atoms with van der Waals surface area (Å²) in [5.74, 6) is 1.51. The Morgan fingerprint density at radius 3 is 2.83 bits per heavy atom. The maximum atomic E-state index is 5.74. The predicted octanol–water partition coefficient (Wildman–Crippen LogP) is 1.66. The molecule has 0 aliphatic carbocycles. The molecule has 1 aromatic carbocycles. The van der Waals surface area contributed by atoms with Crippen molar-refractivity contribution in [2.75, 3.05) is 7.11 Å². The van der Waals surface area contributed by atoms with Crippen LogP contribution in [0.25, 0.3) is 0 Å². The summed E-state index contributed by atoms with van der Waals surface area (Å²) in [4.78, 5) is 4.18. The van der Waals surface area contributed by atoms with E-state index in [-0.39, 0.29) is 6.04 Å². The van der Waals surface area contributed by atoms with Gasteiger partial charge in [-0.25, -0.2) is 9.67 Å². The van der Waals surface area contributed by atoms with E-state index in [4.69, 9.17) is 10.5 Å². The number of aryl methyl sites for hydroxylation is 1. The van der Waals surface area contributed by atoms with E-state index < -0.39 is 0 Å². The number of rotatable bonds is 4. The smallest absolute Gasteiger partial charge is 0.166 e. The molecule has 0 spiro atoms. The number of hydrogen-bond acceptors (Lipinski definition) is 4. The van der Waals surface area contributed by atoms with Gasteiger partial charge in [0, 0.05) is 5.56 Å². The molecule has 0 fully saturated rings. The lowest BCUT2D eigenvalue weighted by molar-refractivity contribution is 0.407. The minimum atomic E-state index is -0.148. The predicted molar refractivity (Wildman–Crippen MR) is 69.5 cm³/mol. The molecule has 2 N–H and O–H groups in total. The van der Waals surface area contributed by atoms with Crippen molar-refractivity contribution in [1.29, 1.82) is 0 Å². The maximum absolute atomic E-state index is 5.74. The first kappa shape index (κ1) is 12.6. The molecule has 0 aliphatic heterocycles. The van der Waals surface area contributed by atoms with E-state index in [9.17, 15) is 0 Å². The first-order valence-electron chi connectivity index (χ1n) is 5.88. The molecule has 1 unspecified atom stereocenters. The second kappa shape index (κ2) is 5.18. The summed E-state index contributed by atoms with van der Waals surface area (Å²) in [7, 11) is 1.67. The molecule has 5 heteroatoms. The summed E-state index contributed by atoms with van der Waals surface area (Å²) >= 11 is 0. The van der Waals surface area contributed by atoms with Crippen LogP contribution in [0.3, 0.4) is 0 Å². The van der Waals surface area contributed by atoms with E-state index in [1.165, 1.54) is 5.56 Å². The van der Waals surface area contributed by atoms with Crippen LogP contribution < -0.4 is 10.5 Å². The first-order valence-corrected chi connectivity index (χ1v) is 5.88. The molecular weight excluding hydrogens is 228 g/mol. The highest BCUT2D eigenvalue weighted by atomic mass is 16.5. The maximum Gasteiger partial charge on any atom is 0.166 e. The van der Waals surface area contributed by atoms with Crippen molar-refractivity contribution in [3.63, 3.8) is 0 Å². The van der Waals surface area contributed by atoms with E-state index in [1.54, 1.807) is 18.1 Å². The third-order valence-corrected chi connectivity index (χ3v) is 2.73. The van der Waals surface area contributed by atoms with Gasteiger partial charge in [-0.05, 0) is 19.9 Å². The molecule has 2 rings (SSSR count). The summed E-state index contributed by atoms with van der Waals surface area (Å²) in [6.45, 7) is 4.55. The number of hydrogen-bond donors (Lipinski definition) is 1. The summed E-state index contributed by atoms with van der Waals surface area (Å²) < 4.78 is 7.11. The average molecular weight is 246 g/mol. The Kier molecular flexibility index (Phi) is 3.62. The summed E-state index contributed by atoms with van der Waals surface area (Å²) in [5.41, 5.74) is 8.01. The number of aromatic nitrogens is 3. The van der Waals surface area contributed by atoms with Crippen LogP contribution in [0, 0.1) is 6.92 Å². The van der Waals surface area contributed by atoms with Gasteiger partial charge in [0.15, 0.2) is 5.82 Å². The number of nitrogens with two attached hydrogens (primary N) is 1. The molecule has 0 bridgehead atoms. The number of ether oxygens (including phenoxy) is 1. The Balaban J connectivity index is 2.24. The lowest BCUT2D eigenvalue weighted by atomic mass is 10.1. The molecule has 18 heavy (non-hydrogen) atoms. The number of nitrogens with zero attached hydrogens (tertiary/aromatic N) is 3. The zero-order valence-electron chi connectivity index (χ0n) is 10.9. The topological polar surface area (TPSA) is 66.0 Å². The molecule has 0 aliphatic rings. The Morgan fingerprint density at radius 2 is 2.22 bits per heavy atom. The van der Waals surface area contributed by atoms with Gasteiger partial charge in [0.25, 0.3) is 0 Å². The van der Waals surface area contributed by atoms with Crippen molar-refractivity contribution in [1.82, 2.24) is 14.8 Å². The van der Waals surface area contributed by atoms with Crippen LogP contribution >= 0.6 is 0 Å². The fourth-order valence-electron chi connectivity index (χ4n) is 1.80. The van der Waals surface area contributed by atoms with Gasteiger partial charge in [-0.15, -0.1) is 0 Å². The highest BCUT2D eigenvalue weighted by molar-refractivity contribution is 5.36. The molecular formula is C13H18N4O. The molecule has 96 valence electrons. The van der Waals surface area contributed by atoms with Gasteiger partial charge in [0.2, 0.25) is 0 Å². The first-order chi connectivity index (χ1) is 8.60. The Hall–Kier alpha value is -1.88. The lowest BCUT2D eigenvalue weighted by Crippen LogP contribution is -2.09. The van der Waals surface area contributed by atoms with Crippen LogP contribution in [-0.2, 0) is 6.54 Å². The highest BCUT2D eigenvalue weighted by Gasteiger charge is 2.08. The van der Waals surface area contributed by atoms with Gasteiger partial charge >= 0.3 is 0 Å². The van der Waals surface area contributed by atoms with Gasteiger partial charge in [-0.2, -0.15) is 5.10 Å². The normalized spacial score (nSPS) is 12.4. The molecule has 0 radical (unpaired) electrons. The fourth-order valence-corrected chi connectivity index (χ4v) is 1.80. The largest absolute Gasteiger partial charge is 0.496 e. The molecule has 2 aromatic rings. The van der Waals surface area contributed by atoms with Crippen molar-refractivity contribution in [2.24, 2.45) is 5.73 Å². The van der Waals surface area contributed by atoms with Gasteiger partial charge in [0.05, 0.1) is 19.7 Å². The monoisotopic (exact) mass is 246 g/mol. The molecule has 0 saturated carbocycles. The van der Waals surface area contributed by atoms with Gasteiger partial charge in [-0.3, -0.25) is 0 Å². The minimum Gasteiger partial charge on any atom is -0.496 e. The van der Waals surface area contributed by atoms with Crippen LogP contribution in [-0.4, -0.2) is 21.9 Å². The van der Waals surface area contributed by atoms with E-state index in [0.717, 1.165) is 11.3 Å². The van der Waals surface area contributed by atoms with Crippen LogP contribution in [0.2, 0.25) is 0 Å². The third kappa shape index (κ3) is 2.68. The zero-order valence-corrected chi connectivity index (χ0v) is 10.9. The van der Waals surface area contributed by atoms with E-state index in [1.807, 2.05) is 19.1 Å². The SMILES string of the molecule is COc1ccc(C)cc1Cn1cnc(C(C)N)n1. The quantitative estimate of drug-likeness (QED) is 0.891. The minimum absolute atomic E-state index is 0.148. The second-order valence-electron chi connectivity index (χ2n) is 4.40. The molecule has 0 amide bonds. The van der Waals surface area contributed by atoms with Crippen molar-refractivity contribution in [3.05, 3.63) is 41.5 Å². The average Bonchev–Trinajstić information content (AvgIpc) is 2.78. The number of benzene rings is 1. The number of methoxy groups -OCH3 is 1. The Morgan fingerprint density at radius 1 is 1.44 bits per heavy atom. The molecule has 1 heterocycles. The standard InChI is InChI=1S/C13H18N4O/c1-9-4-5-12(18-3)11(6-9)7-17-8-15-13(16-17)10(2)14/h4-6,8,10H,7,14H2,1-3H3. The van der Waals surface area contributed by atoms with Crippen molar-refractivity contribution in [2.45, 2.75) is 26.4 Å². The van der Waals surface area contributed by atoms with E-state index in [2.05, 4.69) is 23.1 Å². The van der Waals surface area contributed by atoms with Crippen LogP contribution in [0.4, 0.5) is 0 Å². The fraction of sp³-hybridized carbons (Fsp3) is 0.385. The molecule has 1 atom stereocenters. The van der Waals surface area contributed by atoms with Gasteiger partial charge in [0.1, 0.15) is 12.1 Å². The van der Waals surface area contributed by atoms with Crippen LogP contribution in [0.15, 0.2) is 24.5 Å². The van der Waals surface area contributed by atoms with Gasteiger partial charge in [-0.1, -0.05) is 17.7 Å². The van der Waals surface area contributed by atoms with Crippen molar-refractivity contribution in [3.8, 4) is 5.75 Å². The summed E-state index contributed by atoms with van der Waals surface area (Å²) in [6.07, 6.45) is 1.69. The van der Waals surface area contributed by atoms with Crippen molar-refractivity contribution < 1.29 is 4.74 Å². The zero-order chi connectivity index (χ0) is 13.1. The van der Waals surface area contributed by atoms with Crippen LogP contribution in [0.5, 0.6) is 5.75 Å². The summed E-state index contributed by atoms with van der Waals surface area (Å²) in [6, 6.07) is 5.93. The summed E-state index contributed by atoms with van der Waals surface area (Å²) in [5, 5.41) is 4.34. The van der Waals surface area contributed by atoms with Crippen LogP contribution in [0.1, 0.15) is 29.9 Å². The second-order valence-corrected chi connectivity index (χ2v) is 4.40. The molecule has 5 nitrogen and oxygen atoms in total. The molecule has 1 aromatic heterocycles. The highest BCUT2D eigenvalue weighted by Crippen LogP contribution is 2.20. The van der Waals surface area contributed by atoms with Gasteiger partial charge < -0.3 is 10.5 Å². The molecule has 0 saturated heterocycles. The van der Waals surface area contributed by atoms with E-state index >= 15 is 0 Å². The van der Waals surface area contributed by atoms with E-state index in [0.29, 0.717) is 12.4 Å². The Labute approximate surface area is 107 Å². The third-order valence-electron chi connectivity index (χ3n) is 2.73.